The molecule has 6 nitrogen and oxygen atoms in total. The minimum atomic E-state index is -0.776. The Morgan fingerprint density at radius 1 is 1.60 bits per heavy atom. The van der Waals surface area contributed by atoms with E-state index in [2.05, 4.69) is 23.8 Å². The summed E-state index contributed by atoms with van der Waals surface area (Å²) in [6, 6.07) is 0.0614. The zero-order chi connectivity index (χ0) is 14.7. The maximum Gasteiger partial charge on any atom is 0.310 e. The molecule has 1 N–H and O–H groups in total. The van der Waals surface area contributed by atoms with E-state index in [9.17, 15) is 9.90 Å². The Morgan fingerprint density at radius 2 is 2.35 bits per heavy atom. The number of hydrogen-bond donors (Lipinski definition) is 1. The molecule has 0 saturated carbocycles. The summed E-state index contributed by atoms with van der Waals surface area (Å²) in [6.07, 6.45) is 3.89. The first-order valence-corrected chi connectivity index (χ1v) is 7.17. The van der Waals surface area contributed by atoms with Crippen LogP contribution in [0, 0.1) is 5.92 Å². The van der Waals surface area contributed by atoms with Gasteiger partial charge in [-0.3, -0.25) is 14.4 Å². The monoisotopic (exact) mass is 281 g/mol. The van der Waals surface area contributed by atoms with Crippen molar-refractivity contribution in [3.05, 3.63) is 18.0 Å². The maximum absolute atomic E-state index is 11.3. The highest BCUT2D eigenvalue weighted by Gasteiger charge is 2.39. The molecule has 1 aliphatic heterocycles. The lowest BCUT2D eigenvalue weighted by Crippen LogP contribution is -2.44. The van der Waals surface area contributed by atoms with Crippen LogP contribution in [0.1, 0.15) is 32.4 Å². The number of aromatic nitrogens is 2. The molecule has 0 aliphatic carbocycles. The van der Waals surface area contributed by atoms with Gasteiger partial charge >= 0.3 is 5.97 Å². The largest absolute Gasteiger partial charge is 0.481 e. The zero-order valence-electron chi connectivity index (χ0n) is 12.3. The Kier molecular flexibility index (Phi) is 4.77. The van der Waals surface area contributed by atoms with Gasteiger partial charge in [-0.25, -0.2) is 0 Å². The van der Waals surface area contributed by atoms with E-state index in [4.69, 9.17) is 4.74 Å². The van der Waals surface area contributed by atoms with E-state index in [0.29, 0.717) is 13.2 Å². The number of likely N-dealkylation sites (N-methyl/N-ethyl adjacent to an activating group) is 1. The van der Waals surface area contributed by atoms with Gasteiger partial charge in [-0.2, -0.15) is 5.10 Å². The summed E-state index contributed by atoms with van der Waals surface area (Å²) in [5, 5.41) is 13.6. The van der Waals surface area contributed by atoms with E-state index in [1.807, 2.05) is 24.0 Å². The van der Waals surface area contributed by atoms with Gasteiger partial charge in [0.25, 0.3) is 0 Å². The fraction of sp³-hybridized carbons (Fsp3) is 0.714. The van der Waals surface area contributed by atoms with E-state index in [0.717, 1.165) is 18.7 Å². The van der Waals surface area contributed by atoms with Crippen molar-refractivity contribution in [2.75, 3.05) is 19.8 Å². The first-order valence-electron chi connectivity index (χ1n) is 7.17. The minimum Gasteiger partial charge on any atom is -0.481 e. The summed E-state index contributed by atoms with van der Waals surface area (Å²) < 4.78 is 7.27. The number of hydrogen-bond acceptors (Lipinski definition) is 4. The molecule has 1 saturated heterocycles. The van der Waals surface area contributed by atoms with Crippen molar-refractivity contribution in [1.29, 1.82) is 0 Å². The lowest BCUT2D eigenvalue weighted by molar-refractivity contribution is -0.143. The van der Waals surface area contributed by atoms with Crippen LogP contribution in [0.3, 0.4) is 0 Å². The fourth-order valence-corrected chi connectivity index (χ4v) is 2.86. The van der Waals surface area contributed by atoms with Gasteiger partial charge in [0.05, 0.1) is 25.3 Å². The predicted octanol–water partition coefficient (Wildman–Crippen LogP) is 1.39. The first kappa shape index (κ1) is 15.0. The number of carboxylic acid groups (broad SMARTS) is 1. The van der Waals surface area contributed by atoms with Crippen LogP contribution in [0.25, 0.3) is 0 Å². The number of carbonyl (C=O) groups is 1. The number of nitrogens with zero attached hydrogens (tertiary/aromatic N) is 3. The summed E-state index contributed by atoms with van der Waals surface area (Å²) in [7, 11) is 0. The first-order chi connectivity index (χ1) is 9.58. The smallest absolute Gasteiger partial charge is 0.310 e. The van der Waals surface area contributed by atoms with Crippen LogP contribution in [0.5, 0.6) is 0 Å². The molecular formula is C14H23N3O3. The second kappa shape index (κ2) is 6.37. The maximum atomic E-state index is 11.3. The minimum absolute atomic E-state index is 0.0718. The van der Waals surface area contributed by atoms with E-state index < -0.39 is 11.9 Å². The van der Waals surface area contributed by atoms with Crippen molar-refractivity contribution < 1.29 is 14.6 Å². The third kappa shape index (κ3) is 2.86. The van der Waals surface area contributed by atoms with Crippen molar-refractivity contribution in [2.45, 2.75) is 39.4 Å². The second-order valence-corrected chi connectivity index (χ2v) is 5.19. The standard InChI is InChI=1S/C14H23N3O3/c1-4-16-7-11(6-15-16)10(3)17(5-2)13-9-20-8-12(13)14(18)19/h6-7,10,12-13H,4-5,8-9H2,1-3H3,(H,18,19). The molecule has 1 fully saturated rings. The molecule has 0 spiro atoms. The number of rotatable bonds is 6. The molecule has 3 atom stereocenters. The normalized spacial score (nSPS) is 24.2. The van der Waals surface area contributed by atoms with Gasteiger partial charge in [-0.05, 0) is 20.4 Å². The van der Waals surface area contributed by atoms with Crippen LogP contribution in [-0.2, 0) is 16.1 Å². The van der Waals surface area contributed by atoms with Crippen LogP contribution in [-0.4, -0.2) is 51.6 Å². The fourth-order valence-electron chi connectivity index (χ4n) is 2.86. The molecule has 3 unspecified atom stereocenters. The van der Waals surface area contributed by atoms with Gasteiger partial charge in [-0.1, -0.05) is 6.92 Å². The van der Waals surface area contributed by atoms with Crippen LogP contribution >= 0.6 is 0 Å². The van der Waals surface area contributed by atoms with Crippen molar-refractivity contribution >= 4 is 5.97 Å². The molecule has 0 amide bonds. The molecule has 1 aromatic rings. The number of aryl methyl sites for hydroxylation is 1. The van der Waals surface area contributed by atoms with E-state index in [1.165, 1.54) is 0 Å². The quantitative estimate of drug-likeness (QED) is 0.853. The van der Waals surface area contributed by atoms with Crippen LogP contribution in [0.4, 0.5) is 0 Å². The molecule has 2 heterocycles. The average molecular weight is 281 g/mol. The third-order valence-corrected chi connectivity index (χ3v) is 4.12. The molecular weight excluding hydrogens is 258 g/mol. The molecule has 0 bridgehead atoms. The zero-order valence-corrected chi connectivity index (χ0v) is 12.3. The molecule has 112 valence electrons. The van der Waals surface area contributed by atoms with Gasteiger partial charge in [0, 0.05) is 30.4 Å². The van der Waals surface area contributed by atoms with Crippen molar-refractivity contribution in [1.82, 2.24) is 14.7 Å². The molecule has 1 aromatic heterocycles. The Bertz CT molecular complexity index is 460. The predicted molar refractivity (Wildman–Crippen MR) is 74.4 cm³/mol. The summed E-state index contributed by atoms with van der Waals surface area (Å²) in [6.45, 7) is 8.61. The van der Waals surface area contributed by atoms with Gasteiger partial charge < -0.3 is 9.84 Å². The van der Waals surface area contributed by atoms with Crippen LogP contribution in [0.15, 0.2) is 12.4 Å². The molecule has 0 aromatic carbocycles. The average Bonchev–Trinajstić information content (AvgIpc) is 3.08. The van der Waals surface area contributed by atoms with Gasteiger partial charge in [0.1, 0.15) is 0 Å². The summed E-state index contributed by atoms with van der Waals surface area (Å²) in [5.74, 6) is -1.22. The SMILES string of the molecule is CCN(C(C)c1cnn(CC)c1)C1COCC1C(=O)O. The number of aliphatic carboxylic acids is 1. The second-order valence-electron chi connectivity index (χ2n) is 5.19. The van der Waals surface area contributed by atoms with Gasteiger partial charge in [-0.15, -0.1) is 0 Å². The third-order valence-electron chi connectivity index (χ3n) is 4.12. The summed E-state index contributed by atoms with van der Waals surface area (Å²) >= 11 is 0. The Balaban J connectivity index is 2.16. The topological polar surface area (TPSA) is 67.6 Å². The van der Waals surface area contributed by atoms with Crippen molar-refractivity contribution in [3.8, 4) is 0 Å². The van der Waals surface area contributed by atoms with E-state index in [1.54, 1.807) is 0 Å². The van der Waals surface area contributed by atoms with Crippen LogP contribution in [0.2, 0.25) is 0 Å². The van der Waals surface area contributed by atoms with E-state index in [-0.39, 0.29) is 12.1 Å². The van der Waals surface area contributed by atoms with E-state index >= 15 is 0 Å². The Morgan fingerprint density at radius 3 is 2.90 bits per heavy atom. The van der Waals surface area contributed by atoms with Crippen LogP contribution < -0.4 is 0 Å². The molecule has 20 heavy (non-hydrogen) atoms. The molecule has 6 heteroatoms. The Hall–Kier alpha value is -1.40. The number of carboxylic acids is 1. The molecule has 0 radical (unpaired) electrons. The highest BCUT2D eigenvalue weighted by Crippen LogP contribution is 2.28. The van der Waals surface area contributed by atoms with Gasteiger partial charge in [0.15, 0.2) is 0 Å². The highest BCUT2D eigenvalue weighted by molar-refractivity contribution is 5.71. The number of ether oxygens (including phenoxy) is 1. The lowest BCUT2D eigenvalue weighted by Gasteiger charge is -2.34. The summed E-state index contributed by atoms with van der Waals surface area (Å²) in [5.41, 5.74) is 1.12. The van der Waals surface area contributed by atoms with Gasteiger partial charge in [0.2, 0.25) is 0 Å². The van der Waals surface area contributed by atoms with Crippen molar-refractivity contribution in [3.63, 3.8) is 0 Å². The molecule has 1 aliphatic rings. The lowest BCUT2D eigenvalue weighted by atomic mass is 9.99. The highest BCUT2D eigenvalue weighted by atomic mass is 16.5. The Labute approximate surface area is 119 Å². The summed E-state index contributed by atoms with van der Waals surface area (Å²) in [4.78, 5) is 13.5. The van der Waals surface area contributed by atoms with Crippen molar-refractivity contribution in [2.24, 2.45) is 5.92 Å². The molecule has 2 rings (SSSR count).